The van der Waals surface area contributed by atoms with Crippen molar-refractivity contribution >= 4 is 29.1 Å². The Morgan fingerprint density at radius 1 is 1.13 bits per heavy atom. The molecule has 0 radical (unpaired) electrons. The number of rotatable bonds is 9. The van der Waals surface area contributed by atoms with E-state index in [0.29, 0.717) is 27.9 Å². The zero-order valence-corrected chi connectivity index (χ0v) is 21.0. The van der Waals surface area contributed by atoms with Gasteiger partial charge in [0, 0.05) is 35.9 Å². The monoisotopic (exact) mass is 531 g/mol. The minimum absolute atomic E-state index is 0.0205. The van der Waals surface area contributed by atoms with Crippen LogP contribution in [0.15, 0.2) is 70.4 Å². The number of nitriles is 1. The van der Waals surface area contributed by atoms with Crippen LogP contribution in [-0.4, -0.2) is 25.0 Å². The normalized spacial score (nSPS) is 10.6. The topological polar surface area (TPSA) is 158 Å². The molecule has 11 nitrogen and oxygen atoms in total. The van der Waals surface area contributed by atoms with E-state index >= 15 is 0 Å². The van der Waals surface area contributed by atoms with E-state index < -0.39 is 17.3 Å². The van der Waals surface area contributed by atoms with Crippen LogP contribution in [0.5, 0.6) is 11.6 Å². The van der Waals surface area contributed by atoms with Crippen LogP contribution in [0.4, 0.5) is 11.6 Å². The predicted octanol–water partition coefficient (Wildman–Crippen LogP) is 3.09. The van der Waals surface area contributed by atoms with Crippen molar-refractivity contribution in [1.82, 2.24) is 19.1 Å². The van der Waals surface area contributed by atoms with Crippen molar-refractivity contribution in [3.63, 3.8) is 0 Å². The van der Waals surface area contributed by atoms with E-state index in [1.54, 1.807) is 54.6 Å². The van der Waals surface area contributed by atoms with E-state index in [4.69, 9.17) is 27.3 Å². The van der Waals surface area contributed by atoms with Crippen molar-refractivity contribution in [2.24, 2.45) is 5.73 Å². The molecule has 0 saturated heterocycles. The molecule has 0 saturated carbocycles. The first kappa shape index (κ1) is 26.1. The molecule has 0 aliphatic heterocycles. The summed E-state index contributed by atoms with van der Waals surface area (Å²) in [4.78, 5) is 45.4. The predicted molar refractivity (Wildman–Crippen MR) is 141 cm³/mol. The second kappa shape index (κ2) is 11.4. The molecule has 4 aromatic rings. The highest BCUT2D eigenvalue weighted by Crippen LogP contribution is 2.27. The van der Waals surface area contributed by atoms with E-state index in [0.717, 1.165) is 15.7 Å². The number of ether oxygens (including phenoxy) is 1. The number of hydrogen-bond acceptors (Lipinski definition) is 8. The van der Waals surface area contributed by atoms with Gasteiger partial charge in [-0.2, -0.15) is 10.2 Å². The fourth-order valence-corrected chi connectivity index (χ4v) is 3.67. The third-order valence-electron chi connectivity index (χ3n) is 5.50. The number of aryl methyl sites for hydroxylation is 1. The number of primary amides is 1. The van der Waals surface area contributed by atoms with Gasteiger partial charge in [-0.25, -0.2) is 19.1 Å². The standard InChI is InChI=1S/C26H22ClN7O4/c1-16-12-20(7-8-21(16)38-23-9-4-18(13-28)14-30-23)31-24-32-25(36)33(11-10-22(29)35)26(37)34(24)15-17-2-5-19(27)6-3-17/h2-9,12,14H,10-11,15H2,1H3,(H2,29,35)(H,31,32,36). The number of pyridine rings is 1. The van der Waals surface area contributed by atoms with Crippen LogP contribution >= 0.6 is 11.6 Å². The number of nitrogens with two attached hydrogens (primary N) is 1. The number of carbonyl (C=O) groups is 1. The maximum Gasteiger partial charge on any atom is 0.354 e. The summed E-state index contributed by atoms with van der Waals surface area (Å²) in [6.45, 7) is 1.72. The SMILES string of the molecule is Cc1cc(Nc2nc(=O)n(CCC(N)=O)c(=O)n2Cc2ccc(Cl)cc2)ccc1Oc1ccc(C#N)cn1. The second-order valence-corrected chi connectivity index (χ2v) is 8.72. The Labute approximate surface area is 221 Å². The lowest BCUT2D eigenvalue weighted by Gasteiger charge is -2.16. The molecular formula is C26H22ClN7O4. The Bertz CT molecular complexity index is 1640. The van der Waals surface area contributed by atoms with E-state index in [9.17, 15) is 14.4 Å². The highest BCUT2D eigenvalue weighted by atomic mass is 35.5. The van der Waals surface area contributed by atoms with Gasteiger partial charge in [0.2, 0.25) is 17.7 Å². The summed E-state index contributed by atoms with van der Waals surface area (Å²) >= 11 is 5.98. The van der Waals surface area contributed by atoms with Crippen molar-refractivity contribution < 1.29 is 9.53 Å². The van der Waals surface area contributed by atoms with Crippen molar-refractivity contribution in [3.8, 4) is 17.7 Å². The highest BCUT2D eigenvalue weighted by molar-refractivity contribution is 6.30. The lowest BCUT2D eigenvalue weighted by atomic mass is 10.2. The number of halogens is 1. The molecule has 0 fully saturated rings. The molecule has 2 aromatic heterocycles. The van der Waals surface area contributed by atoms with Gasteiger partial charge in [-0.05, 0) is 54.4 Å². The van der Waals surface area contributed by atoms with Gasteiger partial charge in [-0.3, -0.25) is 9.36 Å². The summed E-state index contributed by atoms with van der Waals surface area (Å²) in [5, 5.41) is 12.5. The van der Waals surface area contributed by atoms with E-state index in [2.05, 4.69) is 15.3 Å². The molecular weight excluding hydrogens is 510 g/mol. The molecule has 4 rings (SSSR count). The van der Waals surface area contributed by atoms with E-state index in [-0.39, 0.29) is 25.5 Å². The molecule has 0 unspecified atom stereocenters. The third-order valence-corrected chi connectivity index (χ3v) is 5.75. The Hall–Kier alpha value is -4.95. The van der Waals surface area contributed by atoms with Crippen LogP contribution in [0, 0.1) is 18.3 Å². The van der Waals surface area contributed by atoms with Gasteiger partial charge in [0.1, 0.15) is 11.8 Å². The number of anilines is 2. The Kier molecular flexibility index (Phi) is 7.84. The first-order valence-electron chi connectivity index (χ1n) is 11.4. The van der Waals surface area contributed by atoms with Crippen molar-refractivity contribution in [2.75, 3.05) is 5.32 Å². The first-order valence-corrected chi connectivity index (χ1v) is 11.8. The smallest absolute Gasteiger partial charge is 0.354 e. The van der Waals surface area contributed by atoms with Crippen LogP contribution in [0.25, 0.3) is 0 Å². The molecule has 38 heavy (non-hydrogen) atoms. The molecule has 192 valence electrons. The number of hydrogen-bond donors (Lipinski definition) is 2. The molecule has 0 atom stereocenters. The maximum atomic E-state index is 13.3. The molecule has 0 spiro atoms. The lowest BCUT2D eigenvalue weighted by molar-refractivity contribution is -0.118. The van der Waals surface area contributed by atoms with Crippen LogP contribution < -0.4 is 27.2 Å². The van der Waals surface area contributed by atoms with Gasteiger partial charge in [0.05, 0.1) is 12.1 Å². The van der Waals surface area contributed by atoms with Crippen molar-refractivity contribution in [3.05, 3.63) is 103 Å². The van der Waals surface area contributed by atoms with Gasteiger partial charge >= 0.3 is 11.4 Å². The molecule has 1 amide bonds. The quantitative estimate of drug-likeness (QED) is 0.333. The fraction of sp³-hybridized carbons (Fsp3) is 0.154. The number of benzene rings is 2. The summed E-state index contributed by atoms with van der Waals surface area (Å²) in [7, 11) is 0. The Morgan fingerprint density at radius 3 is 2.53 bits per heavy atom. The number of amides is 1. The number of carbonyl (C=O) groups excluding carboxylic acids is 1. The summed E-state index contributed by atoms with van der Waals surface area (Å²) in [6.07, 6.45) is 1.23. The number of nitrogens with one attached hydrogen (secondary N) is 1. The first-order chi connectivity index (χ1) is 18.2. The average Bonchev–Trinajstić information content (AvgIpc) is 2.89. The fourth-order valence-electron chi connectivity index (χ4n) is 3.54. The Morgan fingerprint density at radius 2 is 1.89 bits per heavy atom. The summed E-state index contributed by atoms with van der Waals surface area (Å²) in [5.41, 5.74) is 6.20. The molecule has 3 N–H and O–H groups in total. The van der Waals surface area contributed by atoms with E-state index in [1.807, 2.05) is 13.0 Å². The third kappa shape index (κ3) is 6.24. The summed E-state index contributed by atoms with van der Waals surface area (Å²) in [5.74, 6) is 0.232. The zero-order valence-electron chi connectivity index (χ0n) is 20.2. The molecule has 0 aliphatic carbocycles. The zero-order chi connectivity index (χ0) is 27.2. The lowest BCUT2D eigenvalue weighted by Crippen LogP contribution is -2.43. The molecule has 0 bridgehead atoms. The van der Waals surface area contributed by atoms with Crippen molar-refractivity contribution in [1.29, 1.82) is 5.26 Å². The van der Waals surface area contributed by atoms with E-state index in [1.165, 1.54) is 10.8 Å². The second-order valence-electron chi connectivity index (χ2n) is 8.29. The molecule has 2 aromatic carbocycles. The summed E-state index contributed by atoms with van der Waals surface area (Å²) < 4.78 is 7.98. The molecule has 2 heterocycles. The van der Waals surface area contributed by atoms with Crippen LogP contribution in [0.3, 0.4) is 0 Å². The average molecular weight is 532 g/mol. The minimum Gasteiger partial charge on any atom is -0.439 e. The maximum absolute atomic E-state index is 13.3. The van der Waals surface area contributed by atoms with Gasteiger partial charge in [0.25, 0.3) is 0 Å². The molecule has 0 aliphatic rings. The van der Waals surface area contributed by atoms with Gasteiger partial charge < -0.3 is 15.8 Å². The van der Waals surface area contributed by atoms with Crippen LogP contribution in [-0.2, 0) is 17.9 Å². The highest BCUT2D eigenvalue weighted by Gasteiger charge is 2.15. The van der Waals surface area contributed by atoms with Gasteiger partial charge in [0.15, 0.2) is 0 Å². The van der Waals surface area contributed by atoms with Gasteiger partial charge in [-0.1, -0.05) is 23.7 Å². The largest absolute Gasteiger partial charge is 0.439 e. The number of nitrogens with zero attached hydrogens (tertiary/aromatic N) is 5. The molecule has 12 heteroatoms. The Balaban J connectivity index is 1.65. The minimum atomic E-state index is -0.810. The number of aromatic nitrogens is 4. The van der Waals surface area contributed by atoms with Crippen LogP contribution in [0.1, 0.15) is 23.1 Å². The summed E-state index contributed by atoms with van der Waals surface area (Å²) in [6, 6.07) is 17.2. The van der Waals surface area contributed by atoms with Gasteiger partial charge in [-0.15, -0.1) is 0 Å². The van der Waals surface area contributed by atoms with Crippen molar-refractivity contribution in [2.45, 2.75) is 26.4 Å². The van der Waals surface area contributed by atoms with Crippen LogP contribution in [0.2, 0.25) is 5.02 Å².